The molecule has 0 spiro atoms. The Morgan fingerprint density at radius 1 is 1.33 bits per heavy atom. The van der Waals surface area contributed by atoms with Gasteiger partial charge in [-0.2, -0.15) is 0 Å². The molecule has 5 nitrogen and oxygen atoms in total. The third kappa shape index (κ3) is 3.71. The second-order valence-corrected chi connectivity index (χ2v) is 6.99. The van der Waals surface area contributed by atoms with Gasteiger partial charge in [-0.1, -0.05) is 25.8 Å². The Morgan fingerprint density at radius 2 is 2.12 bits per heavy atom. The fourth-order valence-corrected chi connectivity index (χ4v) is 3.58. The maximum atomic E-state index is 12.3. The van der Waals surface area contributed by atoms with Crippen LogP contribution in [-0.2, 0) is 9.59 Å². The Bertz CT molecular complexity index is 629. The fraction of sp³-hybridized carbons (Fsp3) is 0.579. The summed E-state index contributed by atoms with van der Waals surface area (Å²) < 4.78 is 5.47. The number of carbonyl (C=O) groups excluding carboxylic acids is 2. The highest BCUT2D eigenvalue weighted by atomic mass is 16.5. The molecule has 2 amide bonds. The van der Waals surface area contributed by atoms with E-state index in [1.165, 1.54) is 19.3 Å². The van der Waals surface area contributed by atoms with Crippen LogP contribution < -0.4 is 15.0 Å². The number of hydrogen-bond acceptors (Lipinski definition) is 3. The summed E-state index contributed by atoms with van der Waals surface area (Å²) in [6.07, 6.45) is 5.00. The number of carbonyl (C=O) groups is 2. The van der Waals surface area contributed by atoms with Crippen molar-refractivity contribution >= 4 is 17.5 Å². The summed E-state index contributed by atoms with van der Waals surface area (Å²) in [5, 5.41) is 3.15. The summed E-state index contributed by atoms with van der Waals surface area (Å²) >= 11 is 0. The SMILES string of the molecule is Cc1ccc2c(c1)N(CCC(=O)N[C@@H]1CCCC[C@@H]1C)C(=O)CO2. The molecule has 5 heteroatoms. The minimum absolute atomic E-state index is 0.0299. The smallest absolute Gasteiger partial charge is 0.265 e. The summed E-state index contributed by atoms with van der Waals surface area (Å²) in [7, 11) is 0. The van der Waals surface area contributed by atoms with Gasteiger partial charge in [0, 0.05) is 19.0 Å². The maximum Gasteiger partial charge on any atom is 0.265 e. The van der Waals surface area contributed by atoms with Crippen molar-refractivity contribution in [2.75, 3.05) is 18.1 Å². The monoisotopic (exact) mass is 330 g/mol. The number of rotatable bonds is 4. The lowest BCUT2D eigenvalue weighted by Crippen LogP contribution is -2.44. The van der Waals surface area contributed by atoms with E-state index in [1.807, 2.05) is 25.1 Å². The van der Waals surface area contributed by atoms with Crippen LogP contribution in [0.4, 0.5) is 5.69 Å². The first-order chi connectivity index (χ1) is 11.5. The van der Waals surface area contributed by atoms with Crippen molar-refractivity contribution in [2.45, 2.75) is 52.0 Å². The number of aryl methyl sites for hydroxylation is 1. The van der Waals surface area contributed by atoms with E-state index in [4.69, 9.17) is 4.74 Å². The van der Waals surface area contributed by atoms with Crippen LogP contribution in [0.15, 0.2) is 18.2 Å². The van der Waals surface area contributed by atoms with Gasteiger partial charge in [-0.05, 0) is 43.4 Å². The predicted molar refractivity (Wildman–Crippen MR) is 93.2 cm³/mol. The zero-order chi connectivity index (χ0) is 17.1. The van der Waals surface area contributed by atoms with Crippen molar-refractivity contribution in [3.63, 3.8) is 0 Å². The summed E-state index contributed by atoms with van der Waals surface area (Å²) in [5.41, 5.74) is 1.84. The van der Waals surface area contributed by atoms with Gasteiger partial charge in [0.15, 0.2) is 6.61 Å². The quantitative estimate of drug-likeness (QED) is 0.923. The molecule has 1 saturated carbocycles. The lowest BCUT2D eigenvalue weighted by atomic mass is 9.86. The molecule has 2 aliphatic rings. The molecule has 2 atom stereocenters. The Balaban J connectivity index is 1.61. The van der Waals surface area contributed by atoms with Crippen LogP contribution in [0.5, 0.6) is 5.75 Å². The van der Waals surface area contributed by atoms with Crippen LogP contribution in [0.1, 0.15) is 44.6 Å². The number of anilines is 1. The van der Waals surface area contributed by atoms with E-state index >= 15 is 0 Å². The van der Waals surface area contributed by atoms with Crippen LogP contribution in [0, 0.1) is 12.8 Å². The number of benzene rings is 1. The minimum atomic E-state index is -0.0908. The zero-order valence-corrected chi connectivity index (χ0v) is 14.5. The highest BCUT2D eigenvalue weighted by molar-refractivity contribution is 5.98. The van der Waals surface area contributed by atoms with Gasteiger partial charge in [0.1, 0.15) is 5.75 Å². The van der Waals surface area contributed by atoms with Crippen LogP contribution >= 0.6 is 0 Å². The average Bonchev–Trinajstić information content (AvgIpc) is 2.56. The Labute approximate surface area is 143 Å². The van der Waals surface area contributed by atoms with E-state index in [2.05, 4.69) is 12.2 Å². The van der Waals surface area contributed by atoms with Crippen LogP contribution in [0.3, 0.4) is 0 Å². The van der Waals surface area contributed by atoms with Crippen LogP contribution in [-0.4, -0.2) is 31.0 Å². The molecule has 1 aliphatic carbocycles. The lowest BCUT2D eigenvalue weighted by Gasteiger charge is -2.31. The molecule has 0 aromatic heterocycles. The molecule has 0 saturated heterocycles. The maximum absolute atomic E-state index is 12.3. The van der Waals surface area contributed by atoms with Gasteiger partial charge in [-0.15, -0.1) is 0 Å². The topological polar surface area (TPSA) is 58.6 Å². The Hall–Kier alpha value is -2.04. The van der Waals surface area contributed by atoms with Crippen molar-refractivity contribution in [1.29, 1.82) is 0 Å². The van der Waals surface area contributed by atoms with Gasteiger partial charge in [0.05, 0.1) is 5.69 Å². The number of nitrogens with zero attached hydrogens (tertiary/aromatic N) is 1. The average molecular weight is 330 g/mol. The van der Waals surface area contributed by atoms with E-state index in [0.29, 0.717) is 24.6 Å². The summed E-state index contributed by atoms with van der Waals surface area (Å²) in [6, 6.07) is 6.06. The predicted octanol–water partition coefficient (Wildman–Crippen LogP) is 2.81. The second kappa shape index (κ2) is 7.24. The normalized spacial score (nSPS) is 23.4. The van der Waals surface area contributed by atoms with Crippen LogP contribution in [0.2, 0.25) is 0 Å². The molecule has 1 heterocycles. The number of amides is 2. The second-order valence-electron chi connectivity index (χ2n) is 6.99. The van der Waals surface area contributed by atoms with E-state index < -0.39 is 0 Å². The molecule has 1 N–H and O–H groups in total. The molecular weight excluding hydrogens is 304 g/mol. The molecular formula is C19H26N2O3. The molecule has 24 heavy (non-hydrogen) atoms. The largest absolute Gasteiger partial charge is 0.482 e. The molecule has 1 aliphatic heterocycles. The molecule has 0 unspecified atom stereocenters. The van der Waals surface area contributed by atoms with Crippen molar-refractivity contribution in [1.82, 2.24) is 5.32 Å². The summed E-state index contributed by atoms with van der Waals surface area (Å²) in [6.45, 7) is 4.62. The first-order valence-electron chi connectivity index (χ1n) is 8.88. The van der Waals surface area contributed by atoms with Gasteiger partial charge in [-0.25, -0.2) is 0 Å². The molecule has 0 radical (unpaired) electrons. The lowest BCUT2D eigenvalue weighted by molar-refractivity contribution is -0.122. The number of hydrogen-bond donors (Lipinski definition) is 1. The fourth-order valence-electron chi connectivity index (χ4n) is 3.58. The van der Waals surface area contributed by atoms with E-state index in [9.17, 15) is 9.59 Å². The molecule has 1 aromatic rings. The van der Waals surface area contributed by atoms with Gasteiger partial charge in [0.25, 0.3) is 5.91 Å². The van der Waals surface area contributed by atoms with E-state index in [1.54, 1.807) is 4.90 Å². The highest BCUT2D eigenvalue weighted by Crippen LogP contribution is 2.33. The summed E-state index contributed by atoms with van der Waals surface area (Å²) in [5.74, 6) is 1.19. The molecule has 0 bridgehead atoms. The number of fused-ring (bicyclic) bond motifs is 1. The standard InChI is InChI=1S/C19H26N2O3/c1-13-7-8-17-16(11-13)21(19(23)12-24-17)10-9-18(22)20-15-6-4-3-5-14(15)2/h7-8,11,14-15H,3-6,9-10,12H2,1-2H3,(H,20,22)/t14-,15+/m0/s1. The van der Waals surface area contributed by atoms with Gasteiger partial charge in [-0.3, -0.25) is 9.59 Å². The molecule has 1 aromatic carbocycles. The van der Waals surface area contributed by atoms with Crippen molar-refractivity contribution in [2.24, 2.45) is 5.92 Å². The first-order valence-corrected chi connectivity index (χ1v) is 8.88. The molecule has 1 fully saturated rings. The van der Waals surface area contributed by atoms with Gasteiger partial charge >= 0.3 is 0 Å². The van der Waals surface area contributed by atoms with Crippen LogP contribution in [0.25, 0.3) is 0 Å². The third-order valence-electron chi connectivity index (χ3n) is 5.08. The van der Waals surface area contributed by atoms with Crippen molar-refractivity contribution in [3.8, 4) is 5.75 Å². The van der Waals surface area contributed by atoms with Gasteiger partial charge < -0.3 is 15.0 Å². The van der Waals surface area contributed by atoms with Crippen molar-refractivity contribution in [3.05, 3.63) is 23.8 Å². The number of ether oxygens (including phenoxy) is 1. The first kappa shape index (κ1) is 16.8. The Morgan fingerprint density at radius 3 is 2.92 bits per heavy atom. The minimum Gasteiger partial charge on any atom is -0.482 e. The van der Waals surface area contributed by atoms with E-state index in [0.717, 1.165) is 17.7 Å². The summed E-state index contributed by atoms with van der Waals surface area (Å²) in [4.78, 5) is 26.2. The highest BCUT2D eigenvalue weighted by Gasteiger charge is 2.27. The zero-order valence-electron chi connectivity index (χ0n) is 14.5. The molecule has 3 rings (SSSR count). The third-order valence-corrected chi connectivity index (χ3v) is 5.08. The van der Waals surface area contributed by atoms with Gasteiger partial charge in [0.2, 0.25) is 5.91 Å². The van der Waals surface area contributed by atoms with Crippen molar-refractivity contribution < 1.29 is 14.3 Å². The number of nitrogens with one attached hydrogen (secondary N) is 1. The van der Waals surface area contributed by atoms with E-state index in [-0.39, 0.29) is 24.5 Å². The Kier molecular flexibility index (Phi) is 5.07. The molecule has 130 valence electrons.